The molecule has 0 saturated carbocycles. The highest BCUT2D eigenvalue weighted by molar-refractivity contribution is 7.93. The van der Waals surface area contributed by atoms with Gasteiger partial charge in [-0.2, -0.15) is 5.10 Å². The molecule has 1 N–H and O–H groups in total. The number of carbonyl (C=O) groups is 1. The fourth-order valence-electron chi connectivity index (χ4n) is 3.73. The van der Waals surface area contributed by atoms with E-state index in [1.807, 2.05) is 12.1 Å². The predicted molar refractivity (Wildman–Crippen MR) is 112 cm³/mol. The lowest BCUT2D eigenvalue weighted by atomic mass is 10.0. The average molecular weight is 408 g/mol. The van der Waals surface area contributed by atoms with E-state index in [1.165, 1.54) is 11.6 Å². The van der Waals surface area contributed by atoms with E-state index in [-0.39, 0.29) is 5.91 Å². The van der Waals surface area contributed by atoms with Crippen LogP contribution >= 0.6 is 0 Å². The second-order valence-electron chi connectivity index (χ2n) is 7.14. The summed E-state index contributed by atoms with van der Waals surface area (Å²) in [4.78, 5) is 13.9. The van der Waals surface area contributed by atoms with Gasteiger partial charge in [-0.3, -0.25) is 14.4 Å². The fourth-order valence-corrected chi connectivity index (χ4v) is 4.60. The van der Waals surface area contributed by atoms with Gasteiger partial charge in [0.05, 0.1) is 24.9 Å². The zero-order chi connectivity index (χ0) is 19.8. The van der Waals surface area contributed by atoms with Gasteiger partial charge in [-0.25, -0.2) is 8.89 Å². The van der Waals surface area contributed by atoms with Gasteiger partial charge in [-0.1, -0.05) is 24.3 Å². The number of morpholine rings is 1. The third-order valence-corrected chi connectivity index (χ3v) is 6.24. The van der Waals surface area contributed by atoms with Gasteiger partial charge in [0.15, 0.2) is 16.0 Å². The van der Waals surface area contributed by atoms with Crippen LogP contribution in [0.15, 0.2) is 54.7 Å². The third kappa shape index (κ3) is 3.62. The lowest BCUT2D eigenvalue weighted by Gasteiger charge is -2.26. The quantitative estimate of drug-likeness (QED) is 0.716. The number of aromatic nitrogens is 2. The highest BCUT2D eigenvalue weighted by Crippen LogP contribution is 2.27. The zero-order valence-corrected chi connectivity index (χ0v) is 16.5. The molecule has 1 atom stereocenters. The molecule has 1 aromatic heterocycles. The second-order valence-corrected chi connectivity index (χ2v) is 8.30. The summed E-state index contributed by atoms with van der Waals surface area (Å²) in [7, 11) is -1.58. The SMILES string of the molecule is O=C1C=C(n2ncc3cc(-c4cccc(CN5CCOCC5)c4)ccc32)S(=O)N1. The third-order valence-electron chi connectivity index (χ3n) is 5.18. The van der Waals surface area contributed by atoms with E-state index < -0.39 is 11.0 Å². The molecule has 148 valence electrons. The number of rotatable bonds is 4. The molecule has 29 heavy (non-hydrogen) atoms. The Bertz CT molecular complexity index is 1150. The van der Waals surface area contributed by atoms with Crippen molar-refractivity contribution in [3.63, 3.8) is 0 Å². The second kappa shape index (κ2) is 7.55. The van der Waals surface area contributed by atoms with Crippen molar-refractivity contribution in [2.45, 2.75) is 6.54 Å². The van der Waals surface area contributed by atoms with Crippen LogP contribution < -0.4 is 4.72 Å². The standard InChI is InChI=1S/C21H20N4O3S/c26-20-12-21(29(27)23-20)25-19-5-4-17(11-18(19)13-22-25)16-3-1-2-15(10-16)14-24-6-8-28-9-7-24/h1-5,10-13H,6-9,14H2,(H,23,26). The van der Waals surface area contributed by atoms with E-state index in [0.717, 1.165) is 54.9 Å². The fraction of sp³-hybridized carbons (Fsp3) is 0.238. The van der Waals surface area contributed by atoms with E-state index in [0.29, 0.717) is 5.03 Å². The summed E-state index contributed by atoms with van der Waals surface area (Å²) >= 11 is 0. The Morgan fingerprint density at radius 1 is 1.10 bits per heavy atom. The van der Waals surface area contributed by atoms with Gasteiger partial charge in [0.2, 0.25) is 0 Å². The molecule has 0 radical (unpaired) electrons. The lowest BCUT2D eigenvalue weighted by molar-refractivity contribution is -0.114. The highest BCUT2D eigenvalue weighted by Gasteiger charge is 2.23. The van der Waals surface area contributed by atoms with Gasteiger partial charge in [0.1, 0.15) is 0 Å². The average Bonchev–Trinajstić information content (AvgIpc) is 3.30. The number of carbonyl (C=O) groups excluding carboxylic acids is 1. The van der Waals surface area contributed by atoms with Crippen LogP contribution in [0, 0.1) is 0 Å². The molecule has 7 nitrogen and oxygen atoms in total. The Hall–Kier alpha value is -2.81. The molecule has 0 spiro atoms. The van der Waals surface area contributed by atoms with Crippen molar-refractivity contribution in [3.8, 4) is 11.1 Å². The Morgan fingerprint density at radius 2 is 1.93 bits per heavy atom. The van der Waals surface area contributed by atoms with Gasteiger partial charge in [-0.05, 0) is 34.9 Å². The Kier molecular flexibility index (Phi) is 4.75. The smallest absolute Gasteiger partial charge is 0.258 e. The molecule has 2 aliphatic heterocycles. The summed E-state index contributed by atoms with van der Waals surface area (Å²) in [6.45, 7) is 4.43. The lowest BCUT2D eigenvalue weighted by Crippen LogP contribution is -2.35. The van der Waals surface area contributed by atoms with Crippen molar-refractivity contribution >= 4 is 32.8 Å². The Balaban J connectivity index is 1.44. The first-order valence-corrected chi connectivity index (χ1v) is 10.6. The number of hydrogen-bond donors (Lipinski definition) is 1. The molecule has 8 heteroatoms. The number of amides is 1. The molecule has 1 unspecified atom stereocenters. The van der Waals surface area contributed by atoms with E-state index in [2.05, 4.69) is 45.1 Å². The molecular weight excluding hydrogens is 388 g/mol. The molecule has 1 saturated heterocycles. The molecule has 2 aromatic carbocycles. The molecular formula is C21H20N4O3S. The topological polar surface area (TPSA) is 76.5 Å². The van der Waals surface area contributed by atoms with E-state index in [1.54, 1.807) is 10.9 Å². The zero-order valence-electron chi connectivity index (χ0n) is 15.7. The number of ether oxygens (including phenoxy) is 1. The highest BCUT2D eigenvalue weighted by atomic mass is 32.2. The van der Waals surface area contributed by atoms with Gasteiger partial charge in [0, 0.05) is 31.1 Å². The summed E-state index contributed by atoms with van der Waals surface area (Å²) < 4.78 is 21.4. The molecule has 3 aromatic rings. The molecule has 2 aliphatic rings. The van der Waals surface area contributed by atoms with Crippen molar-refractivity contribution in [1.29, 1.82) is 0 Å². The van der Waals surface area contributed by atoms with Crippen molar-refractivity contribution in [2.75, 3.05) is 26.3 Å². The maximum absolute atomic E-state index is 12.1. The molecule has 1 amide bonds. The summed E-state index contributed by atoms with van der Waals surface area (Å²) in [5.74, 6) is -0.365. The Labute approximate surface area is 170 Å². The van der Waals surface area contributed by atoms with Gasteiger partial charge in [0.25, 0.3) is 5.91 Å². The monoisotopic (exact) mass is 408 g/mol. The van der Waals surface area contributed by atoms with Crippen molar-refractivity contribution in [3.05, 3.63) is 60.3 Å². The van der Waals surface area contributed by atoms with E-state index in [9.17, 15) is 9.00 Å². The van der Waals surface area contributed by atoms with Crippen LogP contribution in [0.25, 0.3) is 27.1 Å². The van der Waals surface area contributed by atoms with Crippen LogP contribution in [-0.2, 0) is 27.1 Å². The van der Waals surface area contributed by atoms with Crippen molar-refractivity contribution < 1.29 is 13.7 Å². The summed E-state index contributed by atoms with van der Waals surface area (Å²) in [6.07, 6.45) is 3.06. The van der Waals surface area contributed by atoms with Crippen LogP contribution in [0.5, 0.6) is 0 Å². The summed E-state index contributed by atoms with van der Waals surface area (Å²) in [5, 5.41) is 5.62. The number of hydrogen-bond acceptors (Lipinski definition) is 5. The van der Waals surface area contributed by atoms with Crippen molar-refractivity contribution in [1.82, 2.24) is 19.4 Å². The normalized spacial score (nSPS) is 20.1. The first-order chi connectivity index (χ1) is 14.2. The van der Waals surface area contributed by atoms with Crippen LogP contribution in [0.1, 0.15) is 5.56 Å². The van der Waals surface area contributed by atoms with Crippen LogP contribution in [0.3, 0.4) is 0 Å². The molecule has 0 aliphatic carbocycles. The first-order valence-electron chi connectivity index (χ1n) is 9.49. The molecule has 5 rings (SSSR count). The number of fused-ring (bicyclic) bond motifs is 1. The van der Waals surface area contributed by atoms with Gasteiger partial charge >= 0.3 is 0 Å². The van der Waals surface area contributed by atoms with Crippen LogP contribution in [0.4, 0.5) is 0 Å². The van der Waals surface area contributed by atoms with E-state index in [4.69, 9.17) is 4.74 Å². The van der Waals surface area contributed by atoms with Gasteiger partial charge < -0.3 is 4.74 Å². The molecule has 1 fully saturated rings. The summed E-state index contributed by atoms with van der Waals surface area (Å²) in [5.41, 5.74) is 4.33. The molecule has 0 bridgehead atoms. The number of benzene rings is 2. The largest absolute Gasteiger partial charge is 0.379 e. The predicted octanol–water partition coefficient (Wildman–Crippen LogP) is 2.13. The Morgan fingerprint density at radius 3 is 2.72 bits per heavy atom. The minimum absolute atomic E-state index is 0.352. The maximum Gasteiger partial charge on any atom is 0.258 e. The minimum Gasteiger partial charge on any atom is -0.379 e. The molecule has 3 heterocycles. The van der Waals surface area contributed by atoms with Crippen LogP contribution in [-0.4, -0.2) is 51.1 Å². The van der Waals surface area contributed by atoms with Gasteiger partial charge in [-0.15, -0.1) is 0 Å². The minimum atomic E-state index is -1.58. The van der Waals surface area contributed by atoms with E-state index >= 15 is 0 Å². The van der Waals surface area contributed by atoms with Crippen LogP contribution in [0.2, 0.25) is 0 Å². The van der Waals surface area contributed by atoms with Crippen molar-refractivity contribution in [2.24, 2.45) is 0 Å². The number of nitrogens with one attached hydrogen (secondary N) is 1. The summed E-state index contributed by atoms with van der Waals surface area (Å²) in [6, 6.07) is 14.6. The first kappa shape index (κ1) is 18.2. The number of nitrogens with zero attached hydrogens (tertiary/aromatic N) is 3. The maximum atomic E-state index is 12.1.